The first-order valence-electron chi connectivity index (χ1n) is 7.39. The van der Waals surface area contributed by atoms with Gasteiger partial charge in [0.05, 0.1) is 18.3 Å². The van der Waals surface area contributed by atoms with E-state index in [0.717, 1.165) is 0 Å². The monoisotopic (exact) mass is 347 g/mol. The van der Waals surface area contributed by atoms with E-state index in [2.05, 4.69) is 0 Å². The smallest absolute Gasteiger partial charge is 0.246 e. The summed E-state index contributed by atoms with van der Waals surface area (Å²) in [6.45, 7) is 0.380. The molecule has 0 N–H and O–H groups in total. The molecule has 1 aliphatic rings. The maximum absolute atomic E-state index is 12.5. The van der Waals surface area contributed by atoms with E-state index in [-0.39, 0.29) is 23.9 Å². The maximum atomic E-state index is 12.5. The number of likely N-dealkylation sites (tertiary alicyclic amines) is 1. The molecule has 7 heteroatoms. The first-order chi connectivity index (χ1) is 11.5. The number of hydrogen-bond acceptors (Lipinski definition) is 5. The highest BCUT2D eigenvalue weighted by molar-refractivity contribution is 7.92. The molecule has 0 radical (unpaired) electrons. The Morgan fingerprint density at radius 3 is 2.54 bits per heavy atom. The molecule has 126 valence electrons. The molecule has 0 unspecified atom stereocenters. The summed E-state index contributed by atoms with van der Waals surface area (Å²) >= 11 is 0. The summed E-state index contributed by atoms with van der Waals surface area (Å²) in [5.41, 5.74) is 0. The highest BCUT2D eigenvalue weighted by Crippen LogP contribution is 2.25. The van der Waals surface area contributed by atoms with Gasteiger partial charge in [0.15, 0.2) is 9.84 Å². The number of amides is 1. The molecule has 2 heterocycles. The Hall–Kier alpha value is -2.54. The topological polar surface area (TPSA) is 76.8 Å². The van der Waals surface area contributed by atoms with Crippen LogP contribution in [0.25, 0.3) is 6.08 Å². The lowest BCUT2D eigenvalue weighted by Crippen LogP contribution is -2.56. The summed E-state index contributed by atoms with van der Waals surface area (Å²) in [6.07, 6.45) is 4.47. The number of ether oxygens (including phenoxy) is 1. The Balaban J connectivity index is 1.61. The number of sulfone groups is 1. The molecule has 0 bridgehead atoms. The third-order valence-corrected chi connectivity index (χ3v) is 6.02. The summed E-state index contributed by atoms with van der Waals surface area (Å²) in [5.74, 6) is 0.946. The van der Waals surface area contributed by atoms with Crippen molar-refractivity contribution in [2.45, 2.75) is 10.1 Å². The van der Waals surface area contributed by atoms with Gasteiger partial charge in [-0.05, 0) is 42.5 Å². The van der Waals surface area contributed by atoms with Gasteiger partial charge in [0.2, 0.25) is 5.91 Å². The van der Waals surface area contributed by atoms with Gasteiger partial charge in [-0.1, -0.05) is 0 Å². The van der Waals surface area contributed by atoms with E-state index in [4.69, 9.17) is 9.15 Å². The minimum absolute atomic E-state index is 0.190. The summed E-state index contributed by atoms with van der Waals surface area (Å²) in [6, 6.07) is 9.73. The minimum atomic E-state index is -3.44. The quantitative estimate of drug-likeness (QED) is 0.773. The van der Waals surface area contributed by atoms with Crippen LogP contribution >= 0.6 is 0 Å². The first kappa shape index (κ1) is 16.3. The third kappa shape index (κ3) is 3.21. The van der Waals surface area contributed by atoms with Gasteiger partial charge in [-0.25, -0.2) is 8.42 Å². The Bertz CT molecular complexity index is 832. The van der Waals surface area contributed by atoms with Crippen LogP contribution in [-0.2, 0) is 14.6 Å². The molecule has 24 heavy (non-hydrogen) atoms. The number of furan rings is 1. The minimum Gasteiger partial charge on any atom is -0.497 e. The standard InChI is InChI=1S/C17H17NO5S/c1-22-13-4-7-15(8-5-13)24(20,21)16-11-18(12-16)17(19)9-6-14-3-2-10-23-14/h2-10,16H,11-12H2,1H3. The van der Waals surface area contributed by atoms with E-state index in [1.54, 1.807) is 30.3 Å². The fourth-order valence-corrected chi connectivity index (χ4v) is 4.07. The molecule has 1 aromatic heterocycles. The molecule has 2 aromatic rings. The second-order valence-electron chi connectivity index (χ2n) is 5.43. The van der Waals surface area contributed by atoms with Crippen LogP contribution in [0.4, 0.5) is 0 Å². The first-order valence-corrected chi connectivity index (χ1v) is 8.94. The Labute approximate surface area is 140 Å². The molecular weight excluding hydrogens is 330 g/mol. The van der Waals surface area contributed by atoms with Crippen molar-refractivity contribution in [2.24, 2.45) is 0 Å². The molecule has 1 aliphatic heterocycles. The molecule has 1 aromatic carbocycles. The summed E-state index contributed by atoms with van der Waals surface area (Å²) in [5, 5.41) is -0.577. The van der Waals surface area contributed by atoms with Crippen LogP contribution in [0.3, 0.4) is 0 Å². The van der Waals surface area contributed by atoms with Gasteiger partial charge in [-0.2, -0.15) is 0 Å². The molecular formula is C17H17NO5S. The largest absolute Gasteiger partial charge is 0.497 e. The van der Waals surface area contributed by atoms with Gasteiger partial charge < -0.3 is 14.1 Å². The molecule has 0 atom stereocenters. The molecule has 1 saturated heterocycles. The average molecular weight is 347 g/mol. The molecule has 1 amide bonds. The molecule has 1 fully saturated rings. The highest BCUT2D eigenvalue weighted by atomic mass is 32.2. The van der Waals surface area contributed by atoms with Crippen LogP contribution in [0.15, 0.2) is 58.1 Å². The fourth-order valence-electron chi connectivity index (χ4n) is 2.42. The highest BCUT2D eigenvalue weighted by Gasteiger charge is 2.39. The van der Waals surface area contributed by atoms with E-state index in [1.807, 2.05) is 0 Å². The molecule has 0 aliphatic carbocycles. The van der Waals surface area contributed by atoms with E-state index in [9.17, 15) is 13.2 Å². The van der Waals surface area contributed by atoms with Gasteiger partial charge in [-0.3, -0.25) is 4.79 Å². The van der Waals surface area contributed by atoms with Crippen LogP contribution in [0.5, 0.6) is 5.75 Å². The number of benzene rings is 1. The van der Waals surface area contributed by atoms with Crippen molar-refractivity contribution in [3.63, 3.8) is 0 Å². The third-order valence-electron chi connectivity index (χ3n) is 3.92. The van der Waals surface area contributed by atoms with Crippen LogP contribution < -0.4 is 4.74 Å². The molecule has 0 saturated carbocycles. The summed E-state index contributed by atoms with van der Waals surface area (Å²) in [4.78, 5) is 13.7. The predicted molar refractivity (Wildman–Crippen MR) is 88.3 cm³/mol. The second-order valence-corrected chi connectivity index (χ2v) is 7.66. The van der Waals surface area contributed by atoms with Crippen LogP contribution in [0.1, 0.15) is 5.76 Å². The van der Waals surface area contributed by atoms with E-state index in [1.165, 1.54) is 36.5 Å². The normalized spacial score (nSPS) is 15.5. The van der Waals surface area contributed by atoms with E-state index >= 15 is 0 Å². The lowest BCUT2D eigenvalue weighted by Gasteiger charge is -2.38. The SMILES string of the molecule is COc1ccc(S(=O)(=O)C2CN(C(=O)C=Cc3ccco3)C2)cc1. The summed E-state index contributed by atoms with van der Waals surface area (Å²) in [7, 11) is -1.92. The van der Waals surface area contributed by atoms with E-state index in [0.29, 0.717) is 11.5 Å². The van der Waals surface area contributed by atoms with Crippen LogP contribution in [0, 0.1) is 0 Å². The zero-order valence-corrected chi connectivity index (χ0v) is 13.9. The molecule has 3 rings (SSSR count). The van der Waals surface area contributed by atoms with Crippen molar-refractivity contribution < 1.29 is 22.4 Å². The Morgan fingerprint density at radius 2 is 1.96 bits per heavy atom. The van der Waals surface area contributed by atoms with Crippen molar-refractivity contribution in [2.75, 3.05) is 20.2 Å². The number of rotatable bonds is 5. The van der Waals surface area contributed by atoms with Crippen molar-refractivity contribution in [3.05, 3.63) is 54.5 Å². The van der Waals surface area contributed by atoms with Crippen molar-refractivity contribution in [1.82, 2.24) is 4.90 Å². The Kier molecular flexibility index (Phi) is 4.44. The zero-order valence-electron chi connectivity index (χ0n) is 13.1. The number of carbonyl (C=O) groups excluding carboxylic acids is 1. The lowest BCUT2D eigenvalue weighted by atomic mass is 10.2. The van der Waals surface area contributed by atoms with Crippen molar-refractivity contribution in [1.29, 1.82) is 0 Å². The average Bonchev–Trinajstić information content (AvgIpc) is 3.04. The van der Waals surface area contributed by atoms with Crippen LogP contribution in [-0.4, -0.2) is 44.7 Å². The van der Waals surface area contributed by atoms with Gasteiger partial charge >= 0.3 is 0 Å². The summed E-state index contributed by atoms with van der Waals surface area (Å²) < 4.78 is 35.2. The van der Waals surface area contributed by atoms with Gasteiger partial charge in [0, 0.05) is 19.2 Å². The number of nitrogens with zero attached hydrogens (tertiary/aromatic N) is 1. The maximum Gasteiger partial charge on any atom is 0.246 e. The molecule has 0 spiro atoms. The molecule has 6 nitrogen and oxygen atoms in total. The second kappa shape index (κ2) is 6.52. The predicted octanol–water partition coefficient (Wildman–Crippen LogP) is 1.99. The number of hydrogen-bond donors (Lipinski definition) is 0. The van der Waals surface area contributed by atoms with Gasteiger partial charge in [0.1, 0.15) is 16.8 Å². The Morgan fingerprint density at radius 1 is 1.25 bits per heavy atom. The number of carbonyl (C=O) groups is 1. The van der Waals surface area contributed by atoms with Crippen LogP contribution in [0.2, 0.25) is 0 Å². The number of methoxy groups -OCH3 is 1. The zero-order chi connectivity index (χ0) is 17.2. The van der Waals surface area contributed by atoms with Crippen molar-refractivity contribution >= 4 is 21.8 Å². The van der Waals surface area contributed by atoms with Gasteiger partial charge in [0.25, 0.3) is 0 Å². The van der Waals surface area contributed by atoms with Crippen molar-refractivity contribution in [3.8, 4) is 5.75 Å². The lowest BCUT2D eigenvalue weighted by molar-refractivity contribution is -0.128. The fraction of sp³-hybridized carbons (Fsp3) is 0.235. The van der Waals surface area contributed by atoms with Gasteiger partial charge in [-0.15, -0.1) is 0 Å². The van der Waals surface area contributed by atoms with E-state index < -0.39 is 15.1 Å².